The number of nitrogens with zero attached hydrogens (tertiary/aromatic N) is 1. The Morgan fingerprint density at radius 1 is 1.47 bits per heavy atom. The van der Waals surface area contributed by atoms with Crippen molar-refractivity contribution >= 4 is 11.7 Å². The summed E-state index contributed by atoms with van der Waals surface area (Å²) < 4.78 is 0. The maximum Gasteiger partial charge on any atom is 0.230 e. The van der Waals surface area contributed by atoms with Gasteiger partial charge in [-0.05, 0) is 19.8 Å². The molecule has 0 bridgehead atoms. The number of amides is 1. The molecule has 5 heteroatoms. The zero-order valence-electron chi connectivity index (χ0n) is 10.2. The van der Waals surface area contributed by atoms with Crippen molar-refractivity contribution in [3.63, 3.8) is 0 Å². The Bertz CT molecular complexity index is 388. The van der Waals surface area contributed by atoms with Gasteiger partial charge in [0, 0.05) is 17.8 Å². The second kappa shape index (κ2) is 5.31. The lowest BCUT2D eigenvalue weighted by Gasteiger charge is -2.19. The second-order valence-electron chi connectivity index (χ2n) is 4.83. The number of carbonyl (C=O) groups is 1. The van der Waals surface area contributed by atoms with Crippen LogP contribution in [-0.2, 0) is 4.79 Å². The van der Waals surface area contributed by atoms with Crippen LogP contribution in [0.25, 0.3) is 0 Å². The molecule has 94 valence electrons. The Hall–Kier alpha value is -1.36. The van der Waals surface area contributed by atoms with Crippen LogP contribution in [0.2, 0.25) is 0 Å². The lowest BCUT2D eigenvalue weighted by Crippen LogP contribution is -2.37. The van der Waals surface area contributed by atoms with Gasteiger partial charge in [0.2, 0.25) is 5.91 Å². The van der Waals surface area contributed by atoms with Gasteiger partial charge in [-0.3, -0.25) is 9.89 Å². The summed E-state index contributed by atoms with van der Waals surface area (Å²) in [6.07, 6.45) is 5.23. The molecule has 0 aliphatic heterocycles. The number of rotatable bonds is 2. The first-order chi connectivity index (χ1) is 8.16. The predicted molar refractivity (Wildman–Crippen MR) is 66.5 cm³/mol. The van der Waals surface area contributed by atoms with Crippen molar-refractivity contribution in [2.45, 2.75) is 45.1 Å². The van der Waals surface area contributed by atoms with Gasteiger partial charge in [0.1, 0.15) is 0 Å². The smallest absolute Gasteiger partial charge is 0.230 e. The van der Waals surface area contributed by atoms with E-state index in [1.54, 1.807) is 0 Å². The van der Waals surface area contributed by atoms with E-state index in [1.807, 2.05) is 13.0 Å². The van der Waals surface area contributed by atoms with Gasteiger partial charge >= 0.3 is 0 Å². The van der Waals surface area contributed by atoms with Gasteiger partial charge in [0.15, 0.2) is 5.82 Å². The minimum absolute atomic E-state index is 0.00546. The van der Waals surface area contributed by atoms with Gasteiger partial charge in [-0.1, -0.05) is 19.3 Å². The van der Waals surface area contributed by atoms with E-state index in [9.17, 15) is 4.79 Å². The van der Waals surface area contributed by atoms with Crippen LogP contribution < -0.4 is 11.1 Å². The quantitative estimate of drug-likeness (QED) is 0.681. The summed E-state index contributed by atoms with van der Waals surface area (Å²) in [5.41, 5.74) is 6.99. The van der Waals surface area contributed by atoms with E-state index >= 15 is 0 Å². The van der Waals surface area contributed by atoms with Crippen LogP contribution >= 0.6 is 0 Å². The van der Waals surface area contributed by atoms with Gasteiger partial charge in [0.05, 0.1) is 5.92 Å². The van der Waals surface area contributed by atoms with Crippen LogP contribution in [0.3, 0.4) is 0 Å². The highest BCUT2D eigenvalue weighted by Crippen LogP contribution is 2.23. The fourth-order valence-electron chi connectivity index (χ4n) is 2.36. The molecule has 2 rings (SSSR count). The average molecular weight is 236 g/mol. The molecule has 0 aromatic carbocycles. The topological polar surface area (TPSA) is 83.8 Å². The highest BCUT2D eigenvalue weighted by molar-refractivity contribution is 5.92. The number of carbonyl (C=O) groups excluding carboxylic acids is 1. The summed E-state index contributed by atoms with van der Waals surface area (Å²) in [4.78, 5) is 12.1. The Balaban J connectivity index is 1.98. The van der Waals surface area contributed by atoms with Crippen molar-refractivity contribution in [1.29, 1.82) is 0 Å². The van der Waals surface area contributed by atoms with Crippen LogP contribution in [0, 0.1) is 12.8 Å². The second-order valence-corrected chi connectivity index (χ2v) is 4.83. The maximum atomic E-state index is 12.1. The molecule has 17 heavy (non-hydrogen) atoms. The molecule has 5 nitrogen and oxygen atoms in total. The summed E-state index contributed by atoms with van der Waals surface area (Å²) in [6.45, 7) is 1.90. The number of H-pyrrole nitrogens is 1. The third kappa shape index (κ3) is 3.06. The molecular formula is C12H20N4O. The van der Waals surface area contributed by atoms with E-state index in [0.29, 0.717) is 5.82 Å². The molecule has 1 aromatic rings. The van der Waals surface area contributed by atoms with E-state index < -0.39 is 0 Å². The molecule has 4 N–H and O–H groups in total. The Morgan fingerprint density at radius 2 is 2.24 bits per heavy atom. The molecule has 1 aliphatic carbocycles. The number of hydrogen-bond donors (Lipinski definition) is 3. The van der Waals surface area contributed by atoms with Gasteiger partial charge in [-0.2, -0.15) is 5.10 Å². The minimum atomic E-state index is -0.0745. The SMILES string of the molecule is Cc1cc(NC(=O)C2CCCCCC2N)n[nH]1. The largest absolute Gasteiger partial charge is 0.327 e. The monoisotopic (exact) mass is 236 g/mol. The Labute approximate surface area is 101 Å². The van der Waals surface area contributed by atoms with Crippen molar-refractivity contribution in [1.82, 2.24) is 10.2 Å². The molecule has 0 radical (unpaired) electrons. The number of hydrogen-bond acceptors (Lipinski definition) is 3. The first-order valence-electron chi connectivity index (χ1n) is 6.25. The summed E-state index contributed by atoms with van der Waals surface area (Å²) in [7, 11) is 0. The fourth-order valence-corrected chi connectivity index (χ4v) is 2.36. The van der Waals surface area contributed by atoms with Crippen molar-refractivity contribution in [3.05, 3.63) is 11.8 Å². The number of aromatic nitrogens is 2. The molecule has 0 saturated heterocycles. The number of aromatic amines is 1. The number of nitrogens with two attached hydrogens (primary N) is 1. The highest BCUT2D eigenvalue weighted by Gasteiger charge is 2.27. The normalized spacial score (nSPS) is 25.3. The summed E-state index contributed by atoms with van der Waals surface area (Å²) in [5, 5.41) is 9.64. The number of nitrogens with one attached hydrogen (secondary N) is 2. The standard InChI is InChI=1S/C12H20N4O/c1-8-7-11(16-15-8)14-12(17)9-5-3-2-4-6-10(9)13/h7,9-10H,2-6,13H2,1H3,(H2,14,15,16,17). The minimum Gasteiger partial charge on any atom is -0.327 e. The molecule has 1 heterocycles. The predicted octanol–water partition coefficient (Wildman–Crippen LogP) is 1.56. The number of anilines is 1. The van der Waals surface area contributed by atoms with Crippen LogP contribution in [0.15, 0.2) is 6.07 Å². The summed E-state index contributed by atoms with van der Waals surface area (Å²) >= 11 is 0. The molecule has 2 unspecified atom stereocenters. The van der Waals surface area contributed by atoms with Crippen molar-refractivity contribution in [2.75, 3.05) is 5.32 Å². The van der Waals surface area contributed by atoms with Crippen LogP contribution in [0.4, 0.5) is 5.82 Å². The van der Waals surface area contributed by atoms with Gasteiger partial charge < -0.3 is 11.1 Å². The van der Waals surface area contributed by atoms with Crippen LogP contribution in [0.5, 0.6) is 0 Å². The summed E-state index contributed by atoms with van der Waals surface area (Å²) in [6, 6.07) is 1.80. The van der Waals surface area contributed by atoms with Gasteiger partial charge in [-0.25, -0.2) is 0 Å². The Kier molecular flexibility index (Phi) is 3.78. The molecule has 1 fully saturated rings. The van der Waals surface area contributed by atoms with E-state index in [1.165, 1.54) is 6.42 Å². The van der Waals surface area contributed by atoms with Crippen molar-refractivity contribution < 1.29 is 4.79 Å². The Morgan fingerprint density at radius 3 is 2.94 bits per heavy atom. The molecule has 1 amide bonds. The average Bonchev–Trinajstić information content (AvgIpc) is 2.57. The van der Waals surface area contributed by atoms with Crippen molar-refractivity contribution in [2.24, 2.45) is 11.7 Å². The molecule has 0 spiro atoms. The first-order valence-corrected chi connectivity index (χ1v) is 6.25. The third-order valence-corrected chi connectivity index (χ3v) is 3.36. The zero-order chi connectivity index (χ0) is 12.3. The van der Waals surface area contributed by atoms with Gasteiger partial charge in [0.25, 0.3) is 0 Å². The summed E-state index contributed by atoms with van der Waals surface area (Å²) in [5.74, 6) is 0.518. The lowest BCUT2D eigenvalue weighted by atomic mass is 9.94. The van der Waals surface area contributed by atoms with E-state index in [2.05, 4.69) is 15.5 Å². The zero-order valence-corrected chi connectivity index (χ0v) is 10.2. The fraction of sp³-hybridized carbons (Fsp3) is 0.667. The van der Waals surface area contributed by atoms with Crippen molar-refractivity contribution in [3.8, 4) is 0 Å². The van der Waals surface area contributed by atoms with Gasteiger partial charge in [-0.15, -0.1) is 0 Å². The highest BCUT2D eigenvalue weighted by atomic mass is 16.2. The number of aryl methyl sites for hydroxylation is 1. The lowest BCUT2D eigenvalue weighted by molar-refractivity contribution is -0.120. The molecule has 1 aromatic heterocycles. The molecule has 1 aliphatic rings. The first kappa shape index (κ1) is 12.1. The molecular weight excluding hydrogens is 216 g/mol. The van der Waals surface area contributed by atoms with E-state index in [-0.39, 0.29) is 17.9 Å². The van der Waals surface area contributed by atoms with E-state index in [4.69, 9.17) is 5.73 Å². The molecule has 1 saturated carbocycles. The molecule has 2 atom stereocenters. The van der Waals surface area contributed by atoms with Crippen LogP contribution in [0.1, 0.15) is 37.8 Å². The third-order valence-electron chi connectivity index (χ3n) is 3.36. The maximum absolute atomic E-state index is 12.1. The van der Waals surface area contributed by atoms with E-state index in [0.717, 1.165) is 31.4 Å². The van der Waals surface area contributed by atoms with Crippen LogP contribution in [-0.4, -0.2) is 22.1 Å².